The molecule has 2 N–H and O–H groups in total. The molecular weight excluding hydrogens is 899 g/mol. The molecule has 0 aromatic heterocycles. The lowest BCUT2D eigenvalue weighted by Gasteiger charge is -2.42. The average molecular weight is 986 g/mol. The zero-order valence-corrected chi connectivity index (χ0v) is 45.1. The van der Waals surface area contributed by atoms with Crippen LogP contribution in [0, 0.1) is 35.5 Å². The zero-order valence-electron chi connectivity index (χ0n) is 44.1. The van der Waals surface area contributed by atoms with Gasteiger partial charge in [0.15, 0.2) is 14.1 Å². The van der Waals surface area contributed by atoms with Crippen LogP contribution in [0.1, 0.15) is 126 Å². The summed E-state index contributed by atoms with van der Waals surface area (Å²) in [4.78, 5) is 73.1. The number of aliphatic hydroxyl groups is 2. The van der Waals surface area contributed by atoms with E-state index in [-0.39, 0.29) is 60.7 Å². The second-order valence-corrected chi connectivity index (χ2v) is 26.3. The normalized spacial score (nSPS) is 37.8. The molecule has 0 radical (unpaired) electrons. The molecule has 2 saturated heterocycles. The van der Waals surface area contributed by atoms with Gasteiger partial charge in [-0.25, -0.2) is 4.79 Å². The molecule has 1 saturated carbocycles. The van der Waals surface area contributed by atoms with Crippen molar-refractivity contribution >= 4 is 37.5 Å². The summed E-state index contributed by atoms with van der Waals surface area (Å²) in [5.41, 5.74) is 1.58. The van der Waals surface area contributed by atoms with Gasteiger partial charge in [0.25, 0.3) is 11.7 Å². The Hall–Kier alpha value is -3.15. The molecule has 15 heteroatoms. The summed E-state index contributed by atoms with van der Waals surface area (Å²) in [7, 11) is 2.40. The van der Waals surface area contributed by atoms with Crippen molar-refractivity contribution in [3.63, 3.8) is 0 Å². The molecule has 390 valence electrons. The number of ketones is 3. The topological polar surface area (TPSA) is 184 Å². The predicted molar refractivity (Wildman–Crippen MR) is 267 cm³/mol. The molecule has 0 unspecified atom stereocenters. The number of Topliss-reactive ketones (excluding diaryl/α,β-unsaturated/α-hetero) is 3. The Labute approximate surface area is 414 Å². The molecular formula is C54H87NO13Si. The van der Waals surface area contributed by atoms with E-state index in [1.807, 2.05) is 83.8 Å². The van der Waals surface area contributed by atoms with E-state index in [1.54, 1.807) is 28.1 Å². The third-order valence-corrected chi connectivity index (χ3v) is 15.9. The van der Waals surface area contributed by atoms with Gasteiger partial charge in [-0.15, -0.1) is 0 Å². The Morgan fingerprint density at radius 3 is 2.20 bits per heavy atom. The van der Waals surface area contributed by atoms with E-state index in [2.05, 4.69) is 6.92 Å². The number of hydrogen-bond donors (Lipinski definition) is 2. The van der Waals surface area contributed by atoms with Crippen LogP contribution in [0.15, 0.2) is 47.6 Å². The van der Waals surface area contributed by atoms with Crippen LogP contribution in [0.4, 0.5) is 0 Å². The minimum Gasteiger partial charge on any atom is -0.460 e. The van der Waals surface area contributed by atoms with Crippen molar-refractivity contribution in [2.24, 2.45) is 35.5 Å². The first-order valence-corrected chi connectivity index (χ1v) is 29.0. The van der Waals surface area contributed by atoms with Crippen LogP contribution in [0.2, 0.25) is 19.6 Å². The number of fused-ring (bicyclic) bond motifs is 3. The molecule has 14 nitrogen and oxygen atoms in total. The second kappa shape index (κ2) is 26.5. The van der Waals surface area contributed by atoms with Crippen molar-refractivity contribution < 1.29 is 62.3 Å². The van der Waals surface area contributed by atoms with Gasteiger partial charge in [-0.3, -0.25) is 19.2 Å². The van der Waals surface area contributed by atoms with Gasteiger partial charge < -0.3 is 43.2 Å². The summed E-state index contributed by atoms with van der Waals surface area (Å²) < 4.78 is 36.7. The highest BCUT2D eigenvalue weighted by Gasteiger charge is 2.53. The SMILES string of the molecule is CO[C@H]1C[C@@H]2CC[C@@H](C)[C@@](O)(O2)C(=O)C(=O)N2CCCC[C@H]2C(=O)O[C@H]([C@H](C)C[C@@H]2CC[C@@H](O)[C@H](OC)C2)CC(=O)[C@H](C)/C=C(\C)[C@@H](O[Si](C)(C)C)[C@@H](OC)C(=O)[C@H](C)C[C@H](C)/C=C/C=CC=C1C. The smallest absolute Gasteiger partial charge is 0.329 e. The number of esters is 1. The lowest BCUT2D eigenvalue weighted by Crippen LogP contribution is -2.61. The maximum absolute atomic E-state index is 14.5. The first kappa shape index (κ1) is 58.4. The summed E-state index contributed by atoms with van der Waals surface area (Å²) >= 11 is 0. The van der Waals surface area contributed by atoms with Gasteiger partial charge in [0.2, 0.25) is 5.79 Å². The highest BCUT2D eigenvalue weighted by atomic mass is 28.4. The van der Waals surface area contributed by atoms with E-state index >= 15 is 0 Å². The van der Waals surface area contributed by atoms with Crippen molar-refractivity contribution in [1.29, 1.82) is 0 Å². The van der Waals surface area contributed by atoms with Crippen LogP contribution in [-0.2, 0) is 52.1 Å². The summed E-state index contributed by atoms with van der Waals surface area (Å²) in [6.07, 6.45) is 12.7. The number of cyclic esters (lactones) is 1. The van der Waals surface area contributed by atoms with Crippen molar-refractivity contribution in [2.75, 3.05) is 27.9 Å². The van der Waals surface area contributed by atoms with Crippen LogP contribution < -0.4 is 0 Å². The molecule has 1 amide bonds. The van der Waals surface area contributed by atoms with E-state index < -0.39 is 86.3 Å². The van der Waals surface area contributed by atoms with Gasteiger partial charge in [0.1, 0.15) is 24.0 Å². The molecule has 4 aliphatic rings. The number of carbonyl (C=O) groups is 5. The minimum atomic E-state index is -2.42. The number of rotatable bonds is 8. The quantitative estimate of drug-likeness (QED) is 0.103. The monoisotopic (exact) mass is 986 g/mol. The molecule has 2 bridgehead atoms. The number of nitrogens with zero attached hydrogens (tertiary/aromatic N) is 1. The Balaban J connectivity index is 1.76. The molecule has 4 rings (SSSR count). The second-order valence-electron chi connectivity index (χ2n) is 21.8. The zero-order chi connectivity index (χ0) is 51.4. The number of hydrogen-bond acceptors (Lipinski definition) is 13. The first-order chi connectivity index (χ1) is 32.4. The van der Waals surface area contributed by atoms with Crippen LogP contribution in [0.5, 0.6) is 0 Å². The number of aliphatic hydroxyl groups excluding tert-OH is 1. The van der Waals surface area contributed by atoms with Crippen LogP contribution >= 0.6 is 0 Å². The van der Waals surface area contributed by atoms with Crippen molar-refractivity contribution in [1.82, 2.24) is 4.90 Å². The maximum Gasteiger partial charge on any atom is 0.329 e. The predicted octanol–water partition coefficient (Wildman–Crippen LogP) is 8.04. The van der Waals surface area contributed by atoms with Crippen molar-refractivity contribution in [2.45, 2.75) is 200 Å². The molecule has 0 spiro atoms. The number of allylic oxidation sites excluding steroid dienone is 6. The summed E-state index contributed by atoms with van der Waals surface area (Å²) in [5.74, 6) is -7.43. The maximum atomic E-state index is 14.5. The Kier molecular flexibility index (Phi) is 22.4. The van der Waals surface area contributed by atoms with E-state index in [0.717, 1.165) is 12.0 Å². The largest absolute Gasteiger partial charge is 0.460 e. The summed E-state index contributed by atoms with van der Waals surface area (Å²) in [5, 5.41) is 22.5. The molecule has 0 aromatic rings. The average Bonchev–Trinajstić information content (AvgIpc) is 3.30. The van der Waals surface area contributed by atoms with E-state index in [4.69, 9.17) is 28.1 Å². The minimum absolute atomic E-state index is 0.0556. The fourth-order valence-electron chi connectivity index (χ4n) is 10.6. The van der Waals surface area contributed by atoms with Crippen LogP contribution in [0.25, 0.3) is 0 Å². The first-order valence-electron chi connectivity index (χ1n) is 25.6. The highest BCUT2D eigenvalue weighted by molar-refractivity contribution is 6.69. The summed E-state index contributed by atoms with van der Waals surface area (Å²) in [6.45, 7) is 19.4. The van der Waals surface area contributed by atoms with E-state index in [9.17, 15) is 34.2 Å². The van der Waals surface area contributed by atoms with Gasteiger partial charge in [0, 0.05) is 58.5 Å². The van der Waals surface area contributed by atoms with E-state index in [0.29, 0.717) is 63.4 Å². The Morgan fingerprint density at radius 1 is 0.841 bits per heavy atom. The van der Waals surface area contributed by atoms with Gasteiger partial charge in [-0.05, 0) is 127 Å². The molecule has 15 atom stereocenters. The van der Waals surface area contributed by atoms with Gasteiger partial charge in [-0.1, -0.05) is 71.1 Å². The third-order valence-electron chi connectivity index (χ3n) is 14.9. The highest BCUT2D eigenvalue weighted by Crippen LogP contribution is 2.38. The Bertz CT molecular complexity index is 1870. The number of ether oxygens (including phenoxy) is 5. The lowest BCUT2D eigenvalue weighted by molar-refractivity contribution is -0.265. The fraction of sp³-hybridized carbons (Fsp3) is 0.759. The Morgan fingerprint density at radius 2 is 1.55 bits per heavy atom. The number of amides is 1. The third kappa shape index (κ3) is 16.2. The van der Waals surface area contributed by atoms with Gasteiger partial charge in [-0.2, -0.15) is 0 Å². The molecule has 1 aliphatic carbocycles. The van der Waals surface area contributed by atoms with Crippen LogP contribution in [-0.4, -0.2) is 135 Å². The van der Waals surface area contributed by atoms with Gasteiger partial charge in [0.05, 0.1) is 30.5 Å². The lowest BCUT2D eigenvalue weighted by atomic mass is 9.78. The van der Waals surface area contributed by atoms with Crippen molar-refractivity contribution in [3.05, 3.63) is 47.6 Å². The number of methoxy groups -OCH3 is 3. The number of piperidine rings is 1. The van der Waals surface area contributed by atoms with Crippen molar-refractivity contribution in [3.8, 4) is 0 Å². The molecule has 3 heterocycles. The fourth-order valence-corrected chi connectivity index (χ4v) is 11.7. The van der Waals surface area contributed by atoms with Gasteiger partial charge >= 0.3 is 5.97 Å². The molecule has 69 heavy (non-hydrogen) atoms. The molecule has 0 aromatic carbocycles. The standard InChI is InChI=1S/C54H87NO13Si/c1-33-19-15-14-16-20-34(2)45(63-8)31-41-24-22-39(7)54(62,67-41)51(59)52(60)55-26-18-17-21-42(55)53(61)66-46(36(4)29-40-23-25-43(56)47(30-40)64-9)32-44(57)35(3)28-38(6)49(68-69(11,12)13)50(65-10)48(58)37(5)27-33/h14-16,19-20,28,33,35-37,39-43,45-47,49-50,56,62H,17-18,21-27,29-32H2,1-13H3/b16-14?,19-15+,34-20?,38-28+/t33-,35-,36-,37-,39-,40+,41+,42+,43-,45+,46+,47-,49-,50+,54-/m1/s1. The van der Waals surface area contributed by atoms with E-state index in [1.165, 1.54) is 12.0 Å². The van der Waals surface area contributed by atoms with Crippen LogP contribution in [0.3, 0.4) is 0 Å². The number of carbonyl (C=O) groups excluding carboxylic acids is 5. The molecule has 3 aliphatic heterocycles. The molecule has 3 fully saturated rings. The summed E-state index contributed by atoms with van der Waals surface area (Å²) in [6, 6.07) is -1.13.